The van der Waals surface area contributed by atoms with Crippen LogP contribution in [0, 0.1) is 6.92 Å². The van der Waals surface area contributed by atoms with Crippen molar-refractivity contribution in [3.05, 3.63) is 35.4 Å². The molecular weight excluding hydrogens is 304 g/mol. The Kier molecular flexibility index (Phi) is 5.19. The molecule has 0 spiro atoms. The normalized spacial score (nSPS) is 12.1. The highest BCUT2D eigenvalue weighted by Gasteiger charge is 2.20. The molecule has 0 fully saturated rings. The summed E-state index contributed by atoms with van der Waals surface area (Å²) in [5.41, 5.74) is 7.89. The molecule has 0 radical (unpaired) electrons. The number of hydrogen-bond donors (Lipinski definition) is 1. The standard InChI is InChI=1S/C14H18N4OS2/c1-9-6-4-5-7-11(9)8-18(3)12(19)10(2)20-14-17-16-13(15)21-14/h4-7,10H,8H2,1-3H3,(H2,15,16). The van der Waals surface area contributed by atoms with Crippen LogP contribution in [-0.4, -0.2) is 33.3 Å². The third-order valence-corrected chi connectivity index (χ3v) is 5.02. The Labute approximate surface area is 132 Å². The van der Waals surface area contributed by atoms with Crippen LogP contribution in [0.2, 0.25) is 0 Å². The highest BCUT2D eigenvalue weighted by molar-refractivity contribution is 8.02. The maximum absolute atomic E-state index is 12.4. The van der Waals surface area contributed by atoms with Gasteiger partial charge in [-0.2, -0.15) is 0 Å². The summed E-state index contributed by atoms with van der Waals surface area (Å²) in [6, 6.07) is 8.08. The number of anilines is 1. The molecule has 0 bridgehead atoms. The lowest BCUT2D eigenvalue weighted by Crippen LogP contribution is -2.32. The van der Waals surface area contributed by atoms with Crippen LogP contribution in [-0.2, 0) is 11.3 Å². The molecule has 0 saturated carbocycles. The lowest BCUT2D eigenvalue weighted by atomic mass is 10.1. The minimum absolute atomic E-state index is 0.0667. The number of aromatic nitrogens is 2. The Morgan fingerprint density at radius 3 is 2.76 bits per heavy atom. The Balaban J connectivity index is 1.97. The summed E-state index contributed by atoms with van der Waals surface area (Å²) in [5, 5.41) is 7.89. The zero-order chi connectivity index (χ0) is 15.4. The van der Waals surface area contributed by atoms with Crippen LogP contribution in [0.4, 0.5) is 5.13 Å². The molecule has 21 heavy (non-hydrogen) atoms. The van der Waals surface area contributed by atoms with E-state index >= 15 is 0 Å². The summed E-state index contributed by atoms with van der Waals surface area (Å²) < 4.78 is 0.720. The molecule has 0 aliphatic carbocycles. The molecule has 1 unspecified atom stereocenters. The van der Waals surface area contributed by atoms with Crippen molar-refractivity contribution in [2.75, 3.05) is 12.8 Å². The van der Waals surface area contributed by atoms with E-state index in [9.17, 15) is 4.79 Å². The minimum Gasteiger partial charge on any atom is -0.374 e. The number of hydrogen-bond acceptors (Lipinski definition) is 6. The highest BCUT2D eigenvalue weighted by Crippen LogP contribution is 2.28. The number of carbonyl (C=O) groups excluding carboxylic acids is 1. The van der Waals surface area contributed by atoms with Crippen LogP contribution in [0.1, 0.15) is 18.1 Å². The van der Waals surface area contributed by atoms with Gasteiger partial charge in [-0.3, -0.25) is 4.79 Å². The average Bonchev–Trinajstić information content (AvgIpc) is 2.85. The van der Waals surface area contributed by atoms with Gasteiger partial charge in [0.15, 0.2) is 4.34 Å². The van der Waals surface area contributed by atoms with Gasteiger partial charge in [0, 0.05) is 13.6 Å². The summed E-state index contributed by atoms with van der Waals surface area (Å²) in [7, 11) is 1.82. The number of aryl methyl sites for hydroxylation is 1. The smallest absolute Gasteiger partial charge is 0.235 e. The first kappa shape index (κ1) is 15.8. The first-order valence-electron chi connectivity index (χ1n) is 6.52. The Morgan fingerprint density at radius 2 is 2.14 bits per heavy atom. The van der Waals surface area contributed by atoms with E-state index in [1.165, 1.54) is 28.7 Å². The number of nitrogens with zero attached hydrogens (tertiary/aromatic N) is 3. The first-order valence-corrected chi connectivity index (χ1v) is 8.22. The molecule has 0 saturated heterocycles. The number of carbonyl (C=O) groups is 1. The third kappa shape index (κ3) is 4.18. The molecule has 5 nitrogen and oxygen atoms in total. The zero-order valence-electron chi connectivity index (χ0n) is 12.2. The summed E-state index contributed by atoms with van der Waals surface area (Å²) in [5.74, 6) is 0.0667. The van der Waals surface area contributed by atoms with Crippen molar-refractivity contribution in [2.24, 2.45) is 0 Å². The summed E-state index contributed by atoms with van der Waals surface area (Å²) in [6.07, 6.45) is 0. The highest BCUT2D eigenvalue weighted by atomic mass is 32.2. The Bertz CT molecular complexity index is 629. The second kappa shape index (κ2) is 6.91. The molecule has 112 valence electrons. The van der Waals surface area contributed by atoms with Crippen LogP contribution in [0.15, 0.2) is 28.6 Å². The number of thioether (sulfide) groups is 1. The van der Waals surface area contributed by atoms with E-state index in [1.54, 1.807) is 4.90 Å². The topological polar surface area (TPSA) is 72.1 Å². The molecule has 1 aromatic carbocycles. The lowest BCUT2D eigenvalue weighted by Gasteiger charge is -2.21. The van der Waals surface area contributed by atoms with Gasteiger partial charge in [0.05, 0.1) is 5.25 Å². The largest absolute Gasteiger partial charge is 0.374 e. The summed E-state index contributed by atoms with van der Waals surface area (Å²) in [6.45, 7) is 4.53. The van der Waals surface area contributed by atoms with Crippen molar-refractivity contribution in [3.63, 3.8) is 0 Å². The average molecular weight is 322 g/mol. The van der Waals surface area contributed by atoms with Crippen LogP contribution in [0.25, 0.3) is 0 Å². The van der Waals surface area contributed by atoms with Crippen molar-refractivity contribution < 1.29 is 4.79 Å². The second-order valence-electron chi connectivity index (χ2n) is 4.79. The first-order chi connectivity index (χ1) is 9.97. The van der Waals surface area contributed by atoms with Crippen LogP contribution >= 0.6 is 23.1 Å². The van der Waals surface area contributed by atoms with Gasteiger partial charge >= 0.3 is 0 Å². The zero-order valence-corrected chi connectivity index (χ0v) is 13.9. The van der Waals surface area contributed by atoms with E-state index in [0.717, 1.165) is 9.90 Å². The molecule has 1 aromatic heterocycles. The summed E-state index contributed by atoms with van der Waals surface area (Å²) >= 11 is 2.69. The maximum atomic E-state index is 12.4. The molecular formula is C14H18N4OS2. The van der Waals surface area contributed by atoms with Crippen molar-refractivity contribution in [2.45, 2.75) is 30.0 Å². The molecule has 0 aliphatic rings. The van der Waals surface area contributed by atoms with Crippen molar-refractivity contribution in [3.8, 4) is 0 Å². The second-order valence-corrected chi connectivity index (χ2v) is 7.38. The van der Waals surface area contributed by atoms with Gasteiger partial charge in [-0.25, -0.2) is 0 Å². The fraction of sp³-hybridized carbons (Fsp3) is 0.357. The molecule has 2 N–H and O–H groups in total. The number of nitrogens with two attached hydrogens (primary N) is 1. The predicted octanol–water partition coefficient (Wildman–Crippen LogP) is 2.57. The van der Waals surface area contributed by atoms with Crippen molar-refractivity contribution >= 4 is 34.1 Å². The molecule has 7 heteroatoms. The Hall–Kier alpha value is -1.60. The molecule has 2 aromatic rings. The third-order valence-electron chi connectivity index (χ3n) is 3.09. The number of nitrogen functional groups attached to an aromatic ring is 1. The quantitative estimate of drug-likeness (QED) is 0.857. The molecule has 1 amide bonds. The van der Waals surface area contributed by atoms with E-state index in [-0.39, 0.29) is 11.2 Å². The van der Waals surface area contributed by atoms with Crippen molar-refractivity contribution in [1.82, 2.24) is 15.1 Å². The summed E-state index contributed by atoms with van der Waals surface area (Å²) in [4.78, 5) is 14.1. The number of rotatable bonds is 5. The number of amides is 1. The van der Waals surface area contributed by atoms with Crippen molar-refractivity contribution in [1.29, 1.82) is 0 Å². The van der Waals surface area contributed by atoms with E-state index in [4.69, 9.17) is 5.73 Å². The monoisotopic (exact) mass is 322 g/mol. The fourth-order valence-corrected chi connectivity index (χ4v) is 3.80. The van der Waals surface area contributed by atoms with Gasteiger partial charge in [-0.05, 0) is 25.0 Å². The van der Waals surface area contributed by atoms with Crippen LogP contribution in [0.3, 0.4) is 0 Å². The molecule has 0 aliphatic heterocycles. The van der Waals surface area contributed by atoms with Gasteiger partial charge in [0.25, 0.3) is 0 Å². The van der Waals surface area contributed by atoms with Crippen LogP contribution in [0.5, 0.6) is 0 Å². The van der Waals surface area contributed by atoms with E-state index in [0.29, 0.717) is 11.7 Å². The van der Waals surface area contributed by atoms with Gasteiger partial charge in [0.1, 0.15) is 0 Å². The predicted molar refractivity (Wildman–Crippen MR) is 87.3 cm³/mol. The molecule has 1 atom stereocenters. The van der Waals surface area contributed by atoms with Gasteiger partial charge < -0.3 is 10.6 Å². The fourth-order valence-electron chi connectivity index (χ4n) is 1.90. The van der Waals surface area contributed by atoms with E-state index < -0.39 is 0 Å². The van der Waals surface area contributed by atoms with Gasteiger partial charge in [-0.1, -0.05) is 47.4 Å². The van der Waals surface area contributed by atoms with Gasteiger partial charge in [-0.15, -0.1) is 10.2 Å². The maximum Gasteiger partial charge on any atom is 0.235 e. The number of benzene rings is 1. The minimum atomic E-state index is -0.216. The Morgan fingerprint density at radius 1 is 1.43 bits per heavy atom. The van der Waals surface area contributed by atoms with Gasteiger partial charge in [0.2, 0.25) is 11.0 Å². The molecule has 1 heterocycles. The SMILES string of the molecule is Cc1ccccc1CN(C)C(=O)C(C)Sc1nnc(N)s1. The lowest BCUT2D eigenvalue weighted by molar-refractivity contribution is -0.129. The van der Waals surface area contributed by atoms with E-state index in [2.05, 4.69) is 23.2 Å². The van der Waals surface area contributed by atoms with E-state index in [1.807, 2.05) is 32.2 Å². The molecule has 2 rings (SSSR count). The van der Waals surface area contributed by atoms with Crippen LogP contribution < -0.4 is 5.73 Å².